The molecule has 1 N–H and O–H groups in total. The molecule has 0 aromatic carbocycles. The largest absolute Gasteiger partial charge is 0.481 e. The van der Waals surface area contributed by atoms with Crippen LogP contribution in [0.2, 0.25) is 0 Å². The van der Waals surface area contributed by atoms with Crippen molar-refractivity contribution < 1.29 is 18.7 Å². The fraction of sp³-hybridized carbons (Fsp3) is 0.889. The van der Waals surface area contributed by atoms with Crippen LogP contribution in [0.5, 0.6) is 0 Å². The van der Waals surface area contributed by atoms with Crippen LogP contribution in [-0.4, -0.2) is 41.5 Å². The lowest BCUT2D eigenvalue weighted by Crippen LogP contribution is -2.41. The lowest BCUT2D eigenvalue weighted by Gasteiger charge is -2.29. The summed E-state index contributed by atoms with van der Waals surface area (Å²) >= 11 is 0. The molecule has 0 aromatic rings. The number of nitrogens with zero attached hydrogens (tertiary/aromatic N) is 1. The van der Waals surface area contributed by atoms with Crippen molar-refractivity contribution in [2.75, 3.05) is 19.6 Å². The first kappa shape index (κ1) is 11.4. The summed E-state index contributed by atoms with van der Waals surface area (Å²) < 4.78 is 26.1. The number of halogens is 2. The first-order valence-electron chi connectivity index (χ1n) is 4.82. The number of hydrogen-bond acceptors (Lipinski definition) is 2. The Kier molecular flexibility index (Phi) is 3.80. The number of carbonyl (C=O) groups is 1. The van der Waals surface area contributed by atoms with E-state index in [2.05, 4.69) is 0 Å². The van der Waals surface area contributed by atoms with Gasteiger partial charge in [-0.25, -0.2) is 8.78 Å². The van der Waals surface area contributed by atoms with Gasteiger partial charge in [0.1, 0.15) is 6.42 Å². The van der Waals surface area contributed by atoms with Crippen molar-refractivity contribution >= 4 is 5.97 Å². The van der Waals surface area contributed by atoms with E-state index in [-0.39, 0.29) is 0 Å². The van der Waals surface area contributed by atoms with E-state index in [4.69, 9.17) is 5.11 Å². The van der Waals surface area contributed by atoms with Gasteiger partial charge in [-0.3, -0.25) is 9.69 Å². The minimum Gasteiger partial charge on any atom is -0.481 e. The Morgan fingerprint density at radius 3 is 2.36 bits per heavy atom. The van der Waals surface area contributed by atoms with Gasteiger partial charge in [0.25, 0.3) is 5.92 Å². The number of aliphatic carboxylic acids is 1. The lowest BCUT2D eigenvalue weighted by molar-refractivity contribution is -0.146. The maximum absolute atomic E-state index is 13.0. The third-order valence-electron chi connectivity index (χ3n) is 2.31. The molecule has 0 saturated carbocycles. The van der Waals surface area contributed by atoms with Gasteiger partial charge in [0, 0.05) is 0 Å². The average Bonchev–Trinajstić information content (AvgIpc) is 2.02. The highest BCUT2D eigenvalue weighted by molar-refractivity contribution is 5.67. The van der Waals surface area contributed by atoms with Crippen LogP contribution in [0.1, 0.15) is 25.7 Å². The summed E-state index contributed by atoms with van der Waals surface area (Å²) in [6.45, 7) is 0.906. The van der Waals surface area contributed by atoms with Gasteiger partial charge in [0.05, 0.1) is 6.54 Å². The molecule has 82 valence electrons. The highest BCUT2D eigenvalue weighted by Crippen LogP contribution is 2.21. The molecule has 1 rings (SSSR count). The molecule has 1 fully saturated rings. The van der Waals surface area contributed by atoms with Gasteiger partial charge in [-0.1, -0.05) is 6.42 Å². The summed E-state index contributed by atoms with van der Waals surface area (Å²) in [5.41, 5.74) is 0. The second-order valence-corrected chi connectivity index (χ2v) is 3.76. The van der Waals surface area contributed by atoms with Gasteiger partial charge in [0.2, 0.25) is 0 Å². The molecule has 5 heteroatoms. The molecule has 0 aromatic heterocycles. The molecule has 0 radical (unpaired) electrons. The molecule has 0 amide bonds. The lowest BCUT2D eigenvalue weighted by atomic mass is 10.1. The smallest absolute Gasteiger partial charge is 0.309 e. The van der Waals surface area contributed by atoms with Gasteiger partial charge in [-0.15, -0.1) is 0 Å². The fourth-order valence-electron chi connectivity index (χ4n) is 1.72. The van der Waals surface area contributed by atoms with E-state index in [1.807, 2.05) is 0 Å². The van der Waals surface area contributed by atoms with Crippen LogP contribution in [0.4, 0.5) is 8.78 Å². The second kappa shape index (κ2) is 4.68. The van der Waals surface area contributed by atoms with E-state index >= 15 is 0 Å². The summed E-state index contributed by atoms with van der Waals surface area (Å²) in [5, 5.41) is 8.28. The van der Waals surface area contributed by atoms with E-state index in [0.29, 0.717) is 13.1 Å². The van der Waals surface area contributed by atoms with E-state index in [1.54, 1.807) is 4.90 Å². The molecule has 0 aliphatic carbocycles. The zero-order chi connectivity index (χ0) is 10.6. The molecule has 0 atom stereocenters. The van der Waals surface area contributed by atoms with Crippen molar-refractivity contribution in [2.45, 2.75) is 31.6 Å². The quantitative estimate of drug-likeness (QED) is 0.760. The molecule has 1 heterocycles. The number of rotatable bonds is 4. The summed E-state index contributed by atoms with van der Waals surface area (Å²) in [6.07, 6.45) is 1.89. The maximum atomic E-state index is 13.0. The molecule has 1 aliphatic rings. The number of carboxylic acids is 1. The zero-order valence-electron chi connectivity index (χ0n) is 8.01. The standard InChI is InChI=1S/C9H15F2NO2/c10-9(11,6-8(13)14)7-12-4-2-1-3-5-12/h1-7H2,(H,13,14). The Balaban J connectivity index is 2.36. The van der Waals surface area contributed by atoms with Crippen molar-refractivity contribution in [3.63, 3.8) is 0 Å². The number of carboxylic acid groups (broad SMARTS) is 1. The number of hydrogen-bond donors (Lipinski definition) is 1. The van der Waals surface area contributed by atoms with E-state index in [9.17, 15) is 13.6 Å². The molecule has 14 heavy (non-hydrogen) atoms. The molecule has 0 unspecified atom stereocenters. The molecule has 0 bridgehead atoms. The normalized spacial score (nSPS) is 19.6. The third kappa shape index (κ3) is 4.00. The van der Waals surface area contributed by atoms with Crippen molar-refractivity contribution in [1.29, 1.82) is 0 Å². The average molecular weight is 207 g/mol. The highest BCUT2D eigenvalue weighted by Gasteiger charge is 2.34. The SMILES string of the molecule is O=C(O)CC(F)(F)CN1CCCCC1. The molecule has 3 nitrogen and oxygen atoms in total. The van der Waals surface area contributed by atoms with Crippen LogP contribution >= 0.6 is 0 Å². The van der Waals surface area contributed by atoms with Gasteiger partial charge >= 0.3 is 5.97 Å². The highest BCUT2D eigenvalue weighted by atomic mass is 19.3. The van der Waals surface area contributed by atoms with E-state index in [0.717, 1.165) is 19.3 Å². The summed E-state index contributed by atoms with van der Waals surface area (Å²) in [5.74, 6) is -4.53. The van der Waals surface area contributed by atoms with E-state index in [1.165, 1.54) is 0 Å². The monoisotopic (exact) mass is 207 g/mol. The summed E-state index contributed by atoms with van der Waals surface area (Å²) in [4.78, 5) is 11.8. The van der Waals surface area contributed by atoms with Gasteiger partial charge in [-0.2, -0.15) is 0 Å². The van der Waals surface area contributed by atoms with Crippen LogP contribution in [0.3, 0.4) is 0 Å². The molecular weight excluding hydrogens is 192 g/mol. The van der Waals surface area contributed by atoms with Crippen LogP contribution in [-0.2, 0) is 4.79 Å². The Bertz CT molecular complexity index is 203. The van der Waals surface area contributed by atoms with Crippen molar-refractivity contribution in [2.24, 2.45) is 0 Å². The minimum atomic E-state index is -3.09. The van der Waals surface area contributed by atoms with Crippen LogP contribution in [0, 0.1) is 0 Å². The van der Waals surface area contributed by atoms with Crippen LogP contribution < -0.4 is 0 Å². The number of likely N-dealkylation sites (tertiary alicyclic amines) is 1. The predicted octanol–water partition coefficient (Wildman–Crippen LogP) is 1.58. The predicted molar refractivity (Wildman–Crippen MR) is 47.5 cm³/mol. The topological polar surface area (TPSA) is 40.5 Å². The molecule has 0 spiro atoms. The Labute approximate surface area is 81.7 Å². The fourth-order valence-corrected chi connectivity index (χ4v) is 1.72. The Morgan fingerprint density at radius 1 is 1.29 bits per heavy atom. The van der Waals surface area contributed by atoms with Crippen molar-refractivity contribution in [3.05, 3.63) is 0 Å². The number of alkyl halides is 2. The van der Waals surface area contributed by atoms with Gasteiger partial charge in [-0.05, 0) is 25.9 Å². The Hall–Kier alpha value is -0.710. The second-order valence-electron chi connectivity index (χ2n) is 3.76. The molecule has 1 aliphatic heterocycles. The first-order chi connectivity index (χ1) is 6.49. The molecule has 1 saturated heterocycles. The summed E-state index contributed by atoms with van der Waals surface area (Å²) in [7, 11) is 0. The maximum Gasteiger partial charge on any atom is 0.309 e. The van der Waals surface area contributed by atoms with Gasteiger partial charge in [0.15, 0.2) is 0 Å². The van der Waals surface area contributed by atoms with Crippen LogP contribution in [0.15, 0.2) is 0 Å². The van der Waals surface area contributed by atoms with Crippen molar-refractivity contribution in [1.82, 2.24) is 4.90 Å². The minimum absolute atomic E-state index is 0.417. The zero-order valence-corrected chi connectivity index (χ0v) is 8.01. The van der Waals surface area contributed by atoms with Crippen molar-refractivity contribution in [3.8, 4) is 0 Å². The van der Waals surface area contributed by atoms with Gasteiger partial charge < -0.3 is 5.11 Å². The third-order valence-corrected chi connectivity index (χ3v) is 2.31. The summed E-state index contributed by atoms with van der Waals surface area (Å²) in [6, 6.07) is 0. The van der Waals surface area contributed by atoms with E-state index < -0.39 is 24.9 Å². The van der Waals surface area contributed by atoms with Crippen LogP contribution in [0.25, 0.3) is 0 Å². The first-order valence-corrected chi connectivity index (χ1v) is 4.82. The Morgan fingerprint density at radius 2 is 1.86 bits per heavy atom. The number of piperidine rings is 1. The molecular formula is C9H15F2NO2.